The van der Waals surface area contributed by atoms with Crippen LogP contribution >= 0.6 is 27.5 Å². The molecule has 1 aromatic heterocycles. The van der Waals surface area contributed by atoms with Gasteiger partial charge in [0.05, 0.1) is 11.4 Å². The molecule has 0 aliphatic carbocycles. The van der Waals surface area contributed by atoms with Gasteiger partial charge in [-0.1, -0.05) is 27.5 Å². The SMILES string of the molecule is Cc1nn(C(C)C)cc1NCc1cc(Cl)ccc1Br. The van der Waals surface area contributed by atoms with Crippen molar-refractivity contribution >= 4 is 33.2 Å². The number of halogens is 2. The molecule has 2 aromatic rings. The van der Waals surface area contributed by atoms with Crippen LogP contribution in [0.5, 0.6) is 0 Å². The van der Waals surface area contributed by atoms with E-state index < -0.39 is 0 Å². The minimum atomic E-state index is 0.368. The van der Waals surface area contributed by atoms with Crippen molar-refractivity contribution in [2.45, 2.75) is 33.4 Å². The smallest absolute Gasteiger partial charge is 0.0825 e. The Bertz CT molecular complexity index is 578. The molecule has 0 aliphatic heterocycles. The highest BCUT2D eigenvalue weighted by Crippen LogP contribution is 2.23. The Labute approximate surface area is 127 Å². The third-order valence-electron chi connectivity index (χ3n) is 2.92. The van der Waals surface area contributed by atoms with Gasteiger partial charge in [-0.15, -0.1) is 0 Å². The highest BCUT2D eigenvalue weighted by molar-refractivity contribution is 9.10. The average molecular weight is 343 g/mol. The fourth-order valence-electron chi connectivity index (χ4n) is 1.79. The molecule has 0 saturated carbocycles. The fraction of sp³-hybridized carbons (Fsp3) is 0.357. The summed E-state index contributed by atoms with van der Waals surface area (Å²) < 4.78 is 3.02. The zero-order chi connectivity index (χ0) is 14.0. The summed E-state index contributed by atoms with van der Waals surface area (Å²) >= 11 is 9.54. The second-order valence-electron chi connectivity index (χ2n) is 4.79. The minimum absolute atomic E-state index is 0.368. The number of aromatic nitrogens is 2. The molecule has 0 bridgehead atoms. The lowest BCUT2D eigenvalue weighted by atomic mass is 10.2. The molecule has 0 unspecified atom stereocenters. The molecule has 0 radical (unpaired) electrons. The summed E-state index contributed by atoms with van der Waals surface area (Å²) in [4.78, 5) is 0. The summed E-state index contributed by atoms with van der Waals surface area (Å²) in [6.45, 7) is 6.95. The maximum Gasteiger partial charge on any atom is 0.0825 e. The van der Waals surface area contributed by atoms with Crippen LogP contribution in [0.2, 0.25) is 5.02 Å². The zero-order valence-corrected chi connectivity index (χ0v) is 13.6. The normalized spacial score (nSPS) is 11.1. The molecule has 1 aromatic carbocycles. The van der Waals surface area contributed by atoms with Gasteiger partial charge in [-0.05, 0) is 44.5 Å². The van der Waals surface area contributed by atoms with Gasteiger partial charge in [0, 0.05) is 28.3 Å². The topological polar surface area (TPSA) is 29.9 Å². The van der Waals surface area contributed by atoms with Gasteiger partial charge >= 0.3 is 0 Å². The van der Waals surface area contributed by atoms with Crippen molar-refractivity contribution in [3.05, 3.63) is 45.1 Å². The van der Waals surface area contributed by atoms with Gasteiger partial charge in [-0.25, -0.2) is 0 Å². The monoisotopic (exact) mass is 341 g/mol. The van der Waals surface area contributed by atoms with Crippen LogP contribution < -0.4 is 5.32 Å². The van der Waals surface area contributed by atoms with Crippen molar-refractivity contribution in [1.82, 2.24) is 9.78 Å². The van der Waals surface area contributed by atoms with Crippen LogP contribution in [-0.2, 0) is 6.54 Å². The number of benzene rings is 1. The van der Waals surface area contributed by atoms with Crippen LogP contribution in [0.15, 0.2) is 28.9 Å². The Morgan fingerprint density at radius 1 is 1.42 bits per heavy atom. The summed E-state index contributed by atoms with van der Waals surface area (Å²) in [6.07, 6.45) is 2.04. The van der Waals surface area contributed by atoms with E-state index in [1.807, 2.05) is 36.0 Å². The molecule has 0 saturated heterocycles. The van der Waals surface area contributed by atoms with Crippen LogP contribution in [-0.4, -0.2) is 9.78 Å². The maximum atomic E-state index is 6.01. The quantitative estimate of drug-likeness (QED) is 0.865. The summed E-state index contributed by atoms with van der Waals surface area (Å²) in [7, 11) is 0. The molecule has 3 nitrogen and oxygen atoms in total. The molecule has 0 atom stereocenters. The molecule has 0 aliphatic rings. The third kappa shape index (κ3) is 3.51. The Kier molecular flexibility index (Phi) is 4.53. The molecule has 102 valence electrons. The van der Waals surface area contributed by atoms with E-state index in [1.54, 1.807) is 0 Å². The Morgan fingerprint density at radius 3 is 2.79 bits per heavy atom. The Morgan fingerprint density at radius 2 is 2.16 bits per heavy atom. The first-order valence-corrected chi connectivity index (χ1v) is 7.38. The van der Waals surface area contributed by atoms with Gasteiger partial charge in [0.1, 0.15) is 0 Å². The molecular formula is C14H17BrClN3. The van der Waals surface area contributed by atoms with Gasteiger partial charge in [-0.3, -0.25) is 4.68 Å². The largest absolute Gasteiger partial charge is 0.378 e. The molecule has 5 heteroatoms. The molecule has 0 amide bonds. The number of aryl methyl sites for hydroxylation is 1. The van der Waals surface area contributed by atoms with Crippen molar-refractivity contribution < 1.29 is 0 Å². The van der Waals surface area contributed by atoms with Crippen LogP contribution in [0.25, 0.3) is 0 Å². The highest BCUT2D eigenvalue weighted by atomic mass is 79.9. The van der Waals surface area contributed by atoms with Gasteiger partial charge < -0.3 is 5.32 Å². The minimum Gasteiger partial charge on any atom is -0.378 e. The van der Waals surface area contributed by atoms with Crippen molar-refractivity contribution in [2.24, 2.45) is 0 Å². The molecule has 0 spiro atoms. The number of rotatable bonds is 4. The van der Waals surface area contributed by atoms with Crippen molar-refractivity contribution in [3.63, 3.8) is 0 Å². The number of hydrogen-bond acceptors (Lipinski definition) is 2. The van der Waals surface area contributed by atoms with Crippen LogP contribution in [0.1, 0.15) is 31.1 Å². The van der Waals surface area contributed by atoms with E-state index in [4.69, 9.17) is 11.6 Å². The van der Waals surface area contributed by atoms with E-state index in [2.05, 4.69) is 40.2 Å². The molecular weight excluding hydrogens is 326 g/mol. The fourth-order valence-corrected chi connectivity index (χ4v) is 2.37. The van der Waals surface area contributed by atoms with E-state index in [-0.39, 0.29) is 0 Å². The number of anilines is 1. The zero-order valence-electron chi connectivity index (χ0n) is 11.2. The van der Waals surface area contributed by atoms with E-state index in [0.29, 0.717) is 12.6 Å². The Balaban J connectivity index is 2.12. The van der Waals surface area contributed by atoms with Gasteiger partial charge in [0.2, 0.25) is 0 Å². The maximum absolute atomic E-state index is 6.01. The van der Waals surface area contributed by atoms with Crippen molar-refractivity contribution in [2.75, 3.05) is 5.32 Å². The lowest BCUT2D eigenvalue weighted by Gasteiger charge is -2.08. The second-order valence-corrected chi connectivity index (χ2v) is 6.08. The number of nitrogens with one attached hydrogen (secondary N) is 1. The second kappa shape index (κ2) is 5.97. The number of nitrogens with zero attached hydrogens (tertiary/aromatic N) is 2. The lowest BCUT2D eigenvalue weighted by Crippen LogP contribution is -2.01. The van der Waals surface area contributed by atoms with E-state index >= 15 is 0 Å². The number of hydrogen-bond donors (Lipinski definition) is 1. The molecule has 1 heterocycles. The van der Waals surface area contributed by atoms with E-state index in [0.717, 1.165) is 26.4 Å². The van der Waals surface area contributed by atoms with Crippen LogP contribution in [0, 0.1) is 6.92 Å². The predicted octanol–water partition coefficient (Wildman–Crippen LogP) is 4.80. The Hall–Kier alpha value is -1.000. The third-order valence-corrected chi connectivity index (χ3v) is 3.93. The lowest BCUT2D eigenvalue weighted by molar-refractivity contribution is 0.529. The van der Waals surface area contributed by atoms with Gasteiger partial charge in [0.25, 0.3) is 0 Å². The standard InChI is InChI=1S/C14H17BrClN3/c1-9(2)19-8-14(10(3)18-19)17-7-11-6-12(16)4-5-13(11)15/h4-6,8-9,17H,7H2,1-3H3. The molecule has 0 fully saturated rings. The van der Waals surface area contributed by atoms with Crippen LogP contribution in [0.3, 0.4) is 0 Å². The first-order chi connectivity index (χ1) is 8.97. The first kappa shape index (κ1) is 14.4. The first-order valence-electron chi connectivity index (χ1n) is 6.21. The van der Waals surface area contributed by atoms with E-state index in [1.165, 1.54) is 0 Å². The van der Waals surface area contributed by atoms with Crippen molar-refractivity contribution in [3.8, 4) is 0 Å². The summed E-state index contributed by atoms with van der Waals surface area (Å²) in [5, 5.41) is 8.62. The highest BCUT2D eigenvalue weighted by Gasteiger charge is 2.07. The van der Waals surface area contributed by atoms with Gasteiger partial charge in [0.15, 0.2) is 0 Å². The van der Waals surface area contributed by atoms with Crippen molar-refractivity contribution in [1.29, 1.82) is 0 Å². The molecule has 2 rings (SSSR count). The summed E-state index contributed by atoms with van der Waals surface area (Å²) in [5.74, 6) is 0. The predicted molar refractivity (Wildman–Crippen MR) is 83.8 cm³/mol. The van der Waals surface area contributed by atoms with Gasteiger partial charge in [-0.2, -0.15) is 5.10 Å². The van der Waals surface area contributed by atoms with E-state index in [9.17, 15) is 0 Å². The summed E-state index contributed by atoms with van der Waals surface area (Å²) in [5.41, 5.74) is 3.19. The average Bonchev–Trinajstić information content (AvgIpc) is 2.72. The summed E-state index contributed by atoms with van der Waals surface area (Å²) in [6, 6.07) is 6.16. The molecule has 19 heavy (non-hydrogen) atoms. The molecule has 1 N–H and O–H groups in total. The van der Waals surface area contributed by atoms with Crippen LogP contribution in [0.4, 0.5) is 5.69 Å².